The molecular weight excluding hydrogens is 206 g/mol. The van der Waals surface area contributed by atoms with Crippen LogP contribution in [-0.2, 0) is 11.3 Å². The molecule has 2 heterocycles. The van der Waals surface area contributed by atoms with Gasteiger partial charge in [-0.3, -0.25) is 14.6 Å². The molecule has 2 aromatic rings. The third kappa shape index (κ3) is 1.41. The van der Waals surface area contributed by atoms with Crippen LogP contribution in [0.4, 0.5) is 0 Å². The lowest BCUT2D eigenvalue weighted by Crippen LogP contribution is -2.31. The van der Waals surface area contributed by atoms with Crippen molar-refractivity contribution in [2.75, 3.05) is 0 Å². The third-order valence-electron chi connectivity index (χ3n) is 1.80. The van der Waals surface area contributed by atoms with Crippen LogP contribution >= 0.6 is 0 Å². The molecule has 8 heteroatoms. The summed E-state index contributed by atoms with van der Waals surface area (Å²) in [5.74, 6) is -1.22. The zero-order valence-corrected chi connectivity index (χ0v) is 7.26. The van der Waals surface area contributed by atoms with E-state index in [4.69, 9.17) is 5.11 Å². The second-order valence-electron chi connectivity index (χ2n) is 2.78. The first-order valence-corrected chi connectivity index (χ1v) is 3.89. The summed E-state index contributed by atoms with van der Waals surface area (Å²) in [5.41, 5.74) is -1.64. The molecule has 0 aliphatic carbocycles. The van der Waals surface area contributed by atoms with Crippen LogP contribution in [0.1, 0.15) is 0 Å². The molecule has 0 aliphatic heterocycles. The van der Waals surface area contributed by atoms with Crippen molar-refractivity contribution < 1.29 is 14.4 Å². The monoisotopic (exact) mass is 211 g/mol. The summed E-state index contributed by atoms with van der Waals surface area (Å²) in [7, 11) is 0. The summed E-state index contributed by atoms with van der Waals surface area (Å²) in [6.45, 7) is -0.596. The molecule has 0 unspecified atom stereocenters. The molecule has 0 bridgehead atoms. The van der Waals surface area contributed by atoms with Crippen LogP contribution in [-0.4, -0.2) is 25.8 Å². The summed E-state index contributed by atoms with van der Waals surface area (Å²) in [6, 6.07) is 0. The standard InChI is InChI=1S/C7H5N3O5/c11-4(12)2-10-6-3(1-8-15-6)5(13)9-7(10)14/h1H,2H2,(H,11,12)(H,9,13,14). The van der Waals surface area contributed by atoms with Crippen molar-refractivity contribution in [3.63, 3.8) is 0 Å². The number of nitrogens with one attached hydrogen (secondary N) is 1. The summed E-state index contributed by atoms with van der Waals surface area (Å²) in [6.07, 6.45) is 1.12. The molecule has 0 saturated carbocycles. The van der Waals surface area contributed by atoms with Crippen LogP contribution in [0.2, 0.25) is 0 Å². The second-order valence-corrected chi connectivity index (χ2v) is 2.78. The van der Waals surface area contributed by atoms with E-state index >= 15 is 0 Å². The summed E-state index contributed by atoms with van der Waals surface area (Å²) >= 11 is 0. The Labute approximate surface area is 80.7 Å². The van der Waals surface area contributed by atoms with Gasteiger partial charge in [0.1, 0.15) is 11.9 Å². The van der Waals surface area contributed by atoms with E-state index in [1.165, 1.54) is 0 Å². The van der Waals surface area contributed by atoms with Gasteiger partial charge in [-0.05, 0) is 0 Å². The highest BCUT2D eigenvalue weighted by Crippen LogP contribution is 2.04. The average Bonchev–Trinajstić information content (AvgIpc) is 2.60. The van der Waals surface area contributed by atoms with Gasteiger partial charge in [-0.2, -0.15) is 0 Å². The van der Waals surface area contributed by atoms with E-state index in [0.717, 1.165) is 10.8 Å². The number of fused-ring (bicyclic) bond motifs is 1. The summed E-state index contributed by atoms with van der Waals surface area (Å²) < 4.78 is 5.42. The Morgan fingerprint density at radius 1 is 1.60 bits per heavy atom. The first kappa shape index (κ1) is 9.19. The van der Waals surface area contributed by atoms with Crippen LogP contribution in [0.3, 0.4) is 0 Å². The molecule has 78 valence electrons. The molecule has 15 heavy (non-hydrogen) atoms. The highest BCUT2D eigenvalue weighted by Gasteiger charge is 2.13. The van der Waals surface area contributed by atoms with Gasteiger partial charge in [0, 0.05) is 0 Å². The van der Waals surface area contributed by atoms with Gasteiger partial charge in [0.2, 0.25) is 5.71 Å². The number of hydrogen-bond acceptors (Lipinski definition) is 5. The normalized spacial score (nSPS) is 10.7. The largest absolute Gasteiger partial charge is 0.480 e. The molecule has 0 amide bonds. The molecule has 2 aromatic heterocycles. The Kier molecular flexibility index (Phi) is 1.89. The molecule has 0 fully saturated rings. The number of aliphatic carboxylic acids is 1. The second kappa shape index (κ2) is 3.08. The average molecular weight is 211 g/mol. The number of aromatic amines is 1. The number of aromatic nitrogens is 3. The Morgan fingerprint density at radius 2 is 2.33 bits per heavy atom. The summed E-state index contributed by atoms with van der Waals surface area (Å²) in [4.78, 5) is 34.8. The van der Waals surface area contributed by atoms with Crippen LogP contribution in [0.15, 0.2) is 20.3 Å². The lowest BCUT2D eigenvalue weighted by atomic mass is 10.4. The van der Waals surface area contributed by atoms with Gasteiger partial charge in [-0.1, -0.05) is 5.16 Å². The van der Waals surface area contributed by atoms with Crippen LogP contribution < -0.4 is 11.2 Å². The minimum atomic E-state index is -1.22. The number of carboxylic acid groups (broad SMARTS) is 1. The van der Waals surface area contributed by atoms with Gasteiger partial charge < -0.3 is 9.63 Å². The molecule has 0 atom stereocenters. The van der Waals surface area contributed by atoms with E-state index in [2.05, 4.69) is 9.68 Å². The molecule has 0 saturated heterocycles. The number of rotatable bonds is 2. The van der Waals surface area contributed by atoms with E-state index in [1.54, 1.807) is 0 Å². The molecule has 0 aliphatic rings. The van der Waals surface area contributed by atoms with Crippen molar-refractivity contribution in [1.82, 2.24) is 14.7 Å². The Balaban J connectivity index is 2.82. The van der Waals surface area contributed by atoms with Gasteiger partial charge in [0.05, 0.1) is 6.20 Å². The number of carboxylic acids is 1. The van der Waals surface area contributed by atoms with E-state index < -0.39 is 23.8 Å². The molecule has 0 radical (unpaired) electrons. The van der Waals surface area contributed by atoms with E-state index in [0.29, 0.717) is 0 Å². The number of H-pyrrole nitrogens is 1. The molecule has 0 aromatic carbocycles. The first-order chi connectivity index (χ1) is 7.09. The van der Waals surface area contributed by atoms with Crippen molar-refractivity contribution in [3.05, 3.63) is 27.0 Å². The maximum atomic E-state index is 11.2. The highest BCUT2D eigenvalue weighted by molar-refractivity contribution is 5.73. The van der Waals surface area contributed by atoms with Crippen molar-refractivity contribution in [2.45, 2.75) is 6.54 Å². The fourth-order valence-corrected chi connectivity index (χ4v) is 1.19. The SMILES string of the molecule is O=C(O)Cn1c(=O)[nH]c(=O)c2cnoc21. The molecular formula is C7H5N3O5. The van der Waals surface area contributed by atoms with Crippen LogP contribution in [0, 0.1) is 0 Å². The van der Waals surface area contributed by atoms with Gasteiger partial charge in [-0.15, -0.1) is 0 Å². The van der Waals surface area contributed by atoms with Crippen molar-refractivity contribution in [1.29, 1.82) is 0 Å². The van der Waals surface area contributed by atoms with Crippen molar-refractivity contribution in [3.8, 4) is 0 Å². The predicted octanol–water partition coefficient (Wildman–Crippen LogP) is -1.24. The summed E-state index contributed by atoms with van der Waals surface area (Å²) in [5, 5.41) is 11.9. The lowest BCUT2D eigenvalue weighted by Gasteiger charge is -1.99. The number of carbonyl (C=O) groups is 1. The van der Waals surface area contributed by atoms with E-state index in [-0.39, 0.29) is 11.1 Å². The molecule has 2 rings (SSSR count). The third-order valence-corrected chi connectivity index (χ3v) is 1.80. The van der Waals surface area contributed by atoms with Crippen molar-refractivity contribution >= 4 is 17.1 Å². The fraction of sp³-hybridized carbons (Fsp3) is 0.143. The zero-order chi connectivity index (χ0) is 11.0. The topological polar surface area (TPSA) is 118 Å². The minimum Gasteiger partial charge on any atom is -0.480 e. The number of nitrogens with zero attached hydrogens (tertiary/aromatic N) is 2. The van der Waals surface area contributed by atoms with Crippen LogP contribution in [0.5, 0.6) is 0 Å². The maximum absolute atomic E-state index is 11.2. The van der Waals surface area contributed by atoms with Crippen molar-refractivity contribution in [2.24, 2.45) is 0 Å². The lowest BCUT2D eigenvalue weighted by molar-refractivity contribution is -0.137. The Hall–Kier alpha value is -2.38. The van der Waals surface area contributed by atoms with Crippen LogP contribution in [0.25, 0.3) is 11.1 Å². The van der Waals surface area contributed by atoms with Gasteiger partial charge in [-0.25, -0.2) is 9.36 Å². The van der Waals surface area contributed by atoms with Gasteiger partial charge in [0.15, 0.2) is 0 Å². The van der Waals surface area contributed by atoms with E-state index in [1.807, 2.05) is 4.98 Å². The first-order valence-electron chi connectivity index (χ1n) is 3.89. The van der Waals surface area contributed by atoms with Gasteiger partial charge >= 0.3 is 11.7 Å². The van der Waals surface area contributed by atoms with E-state index in [9.17, 15) is 14.4 Å². The highest BCUT2D eigenvalue weighted by atomic mass is 16.5. The maximum Gasteiger partial charge on any atom is 0.331 e. The minimum absolute atomic E-state index is 0.0378. The molecule has 0 spiro atoms. The predicted molar refractivity (Wildman–Crippen MR) is 46.5 cm³/mol. The zero-order valence-electron chi connectivity index (χ0n) is 7.26. The molecule has 8 nitrogen and oxygen atoms in total. The quantitative estimate of drug-likeness (QED) is 0.641. The Bertz CT molecular complexity index is 634. The number of hydrogen-bond donors (Lipinski definition) is 2. The Morgan fingerprint density at radius 3 is 3.00 bits per heavy atom. The fourth-order valence-electron chi connectivity index (χ4n) is 1.19. The smallest absolute Gasteiger partial charge is 0.331 e. The molecule has 2 N–H and O–H groups in total. The van der Waals surface area contributed by atoms with Gasteiger partial charge in [0.25, 0.3) is 5.56 Å².